The van der Waals surface area contributed by atoms with Crippen molar-refractivity contribution in [3.05, 3.63) is 48.5 Å². The van der Waals surface area contributed by atoms with Crippen molar-refractivity contribution in [2.24, 2.45) is 0 Å². The summed E-state index contributed by atoms with van der Waals surface area (Å²) in [5, 5.41) is 2.96. The summed E-state index contributed by atoms with van der Waals surface area (Å²) in [5.74, 6) is 1.60. The molecule has 1 aliphatic rings. The second kappa shape index (κ2) is 12.2. The third-order valence-electron chi connectivity index (χ3n) is 4.98. The van der Waals surface area contributed by atoms with Gasteiger partial charge in [0.25, 0.3) is 0 Å². The van der Waals surface area contributed by atoms with E-state index in [4.69, 9.17) is 14.2 Å². The molecule has 1 N–H and O–H groups in total. The summed E-state index contributed by atoms with van der Waals surface area (Å²) < 4.78 is 16.7. The van der Waals surface area contributed by atoms with Crippen LogP contribution in [0.3, 0.4) is 0 Å². The summed E-state index contributed by atoms with van der Waals surface area (Å²) in [4.78, 5) is 16.6. The third-order valence-corrected chi connectivity index (χ3v) is 4.98. The molecule has 1 saturated heterocycles. The van der Waals surface area contributed by atoms with Gasteiger partial charge in [-0.2, -0.15) is 0 Å². The van der Waals surface area contributed by atoms with E-state index in [1.807, 2.05) is 60.5 Å². The topological polar surface area (TPSA) is 63.3 Å². The number of ether oxygens (including phenoxy) is 3. The fraction of sp³-hybridized carbons (Fsp3) is 0.458. The average Bonchev–Trinajstić information content (AvgIpc) is 2.79. The van der Waals surface area contributed by atoms with Crippen LogP contribution in [-0.4, -0.2) is 70.5 Å². The van der Waals surface area contributed by atoms with Crippen LogP contribution >= 0.6 is 0 Å². The normalized spacial score (nSPS) is 13.8. The number of morpholine rings is 1. The number of amides is 1. The molecule has 1 aliphatic heterocycles. The maximum atomic E-state index is 12.3. The van der Waals surface area contributed by atoms with Gasteiger partial charge in [-0.15, -0.1) is 0 Å². The molecule has 7 nitrogen and oxygen atoms in total. The number of rotatable bonds is 11. The first-order chi connectivity index (χ1) is 15.1. The van der Waals surface area contributed by atoms with Crippen molar-refractivity contribution in [3.63, 3.8) is 0 Å². The third kappa shape index (κ3) is 7.77. The molecule has 0 unspecified atom stereocenters. The Morgan fingerprint density at radius 3 is 2.23 bits per heavy atom. The van der Waals surface area contributed by atoms with E-state index in [9.17, 15) is 4.79 Å². The molecule has 0 bridgehead atoms. The van der Waals surface area contributed by atoms with Crippen LogP contribution in [0.25, 0.3) is 0 Å². The Bertz CT molecular complexity index is 789. The lowest BCUT2D eigenvalue weighted by Crippen LogP contribution is -2.36. The Morgan fingerprint density at radius 1 is 1.00 bits per heavy atom. The highest BCUT2D eigenvalue weighted by Gasteiger charge is 2.12. The fourth-order valence-corrected chi connectivity index (χ4v) is 3.27. The number of hydrogen-bond donors (Lipinski definition) is 1. The van der Waals surface area contributed by atoms with E-state index in [1.165, 1.54) is 0 Å². The van der Waals surface area contributed by atoms with Gasteiger partial charge in [0.05, 0.1) is 26.4 Å². The molecule has 7 heteroatoms. The molecule has 1 amide bonds. The molecule has 31 heavy (non-hydrogen) atoms. The zero-order chi connectivity index (χ0) is 21.9. The maximum Gasteiger partial charge on any atom is 0.238 e. The highest BCUT2D eigenvalue weighted by molar-refractivity contribution is 5.92. The minimum Gasteiger partial charge on any atom is -0.494 e. The first-order valence-electron chi connectivity index (χ1n) is 10.9. The molecular formula is C24H33N3O4. The molecule has 0 saturated carbocycles. The van der Waals surface area contributed by atoms with E-state index in [2.05, 4.69) is 17.1 Å². The lowest BCUT2D eigenvalue weighted by atomic mass is 10.2. The first kappa shape index (κ1) is 22.9. The van der Waals surface area contributed by atoms with Crippen molar-refractivity contribution < 1.29 is 19.0 Å². The van der Waals surface area contributed by atoms with Crippen LogP contribution in [-0.2, 0) is 9.53 Å². The highest BCUT2D eigenvalue weighted by Crippen LogP contribution is 2.19. The lowest BCUT2D eigenvalue weighted by molar-refractivity contribution is -0.117. The molecule has 0 atom stereocenters. The zero-order valence-corrected chi connectivity index (χ0v) is 18.5. The van der Waals surface area contributed by atoms with Gasteiger partial charge in [-0.3, -0.25) is 9.69 Å². The number of hydrogen-bond acceptors (Lipinski definition) is 6. The van der Waals surface area contributed by atoms with E-state index in [0.717, 1.165) is 55.6 Å². The second-order valence-electron chi connectivity index (χ2n) is 7.60. The van der Waals surface area contributed by atoms with Gasteiger partial charge in [0.15, 0.2) is 0 Å². The quantitative estimate of drug-likeness (QED) is 0.594. The minimum absolute atomic E-state index is 0.0425. The number of nitrogens with zero attached hydrogens (tertiary/aromatic N) is 2. The lowest BCUT2D eigenvalue weighted by Gasteiger charge is -2.28. The van der Waals surface area contributed by atoms with Crippen molar-refractivity contribution in [3.8, 4) is 11.5 Å². The number of benzene rings is 2. The van der Waals surface area contributed by atoms with E-state index in [1.54, 1.807) is 0 Å². The van der Waals surface area contributed by atoms with Crippen molar-refractivity contribution in [2.75, 3.05) is 69.9 Å². The van der Waals surface area contributed by atoms with Crippen LogP contribution in [0, 0.1) is 0 Å². The van der Waals surface area contributed by atoms with Gasteiger partial charge in [-0.1, -0.05) is 6.92 Å². The molecule has 2 aromatic carbocycles. The molecule has 0 radical (unpaired) electrons. The highest BCUT2D eigenvalue weighted by atomic mass is 16.5. The standard InChI is InChI=1S/C24H33N3O4/c1-3-15-30-22-8-10-23(11-9-22)31-18-12-26(2)19-24(28)25-20-4-6-21(7-5-20)27-13-16-29-17-14-27/h4-11H,3,12-19H2,1-2H3,(H,25,28). The van der Waals surface area contributed by atoms with E-state index >= 15 is 0 Å². The molecule has 1 fully saturated rings. The Labute approximate surface area is 184 Å². The van der Waals surface area contributed by atoms with Crippen molar-refractivity contribution in [2.45, 2.75) is 13.3 Å². The van der Waals surface area contributed by atoms with Gasteiger partial charge in [-0.25, -0.2) is 0 Å². The van der Waals surface area contributed by atoms with Gasteiger partial charge in [0.1, 0.15) is 18.1 Å². The maximum absolute atomic E-state index is 12.3. The van der Waals surface area contributed by atoms with Gasteiger partial charge in [0, 0.05) is 31.0 Å². The van der Waals surface area contributed by atoms with Gasteiger partial charge in [0.2, 0.25) is 5.91 Å². The monoisotopic (exact) mass is 427 g/mol. The molecule has 2 aromatic rings. The Kier molecular flexibility index (Phi) is 8.99. The summed E-state index contributed by atoms with van der Waals surface area (Å²) in [6.45, 7) is 7.57. The molecule has 0 spiro atoms. The van der Waals surface area contributed by atoms with Crippen molar-refractivity contribution in [1.82, 2.24) is 4.90 Å². The van der Waals surface area contributed by atoms with E-state index < -0.39 is 0 Å². The van der Waals surface area contributed by atoms with Crippen LogP contribution in [0.5, 0.6) is 11.5 Å². The Balaban J connectivity index is 1.35. The van der Waals surface area contributed by atoms with Gasteiger partial charge >= 0.3 is 0 Å². The fourth-order valence-electron chi connectivity index (χ4n) is 3.27. The average molecular weight is 428 g/mol. The summed E-state index contributed by atoms with van der Waals surface area (Å²) in [6, 6.07) is 15.6. The minimum atomic E-state index is -0.0425. The number of carbonyl (C=O) groups is 1. The van der Waals surface area contributed by atoms with Crippen LogP contribution in [0.1, 0.15) is 13.3 Å². The summed E-state index contributed by atoms with van der Waals surface area (Å²) in [5.41, 5.74) is 1.96. The van der Waals surface area contributed by atoms with Crippen molar-refractivity contribution in [1.29, 1.82) is 0 Å². The number of anilines is 2. The summed E-state index contributed by atoms with van der Waals surface area (Å²) in [7, 11) is 1.91. The number of likely N-dealkylation sites (N-methyl/N-ethyl adjacent to an activating group) is 1. The molecular weight excluding hydrogens is 394 g/mol. The summed E-state index contributed by atoms with van der Waals surface area (Å²) >= 11 is 0. The van der Waals surface area contributed by atoms with Gasteiger partial charge < -0.3 is 24.4 Å². The molecule has 168 valence electrons. The zero-order valence-electron chi connectivity index (χ0n) is 18.5. The van der Waals surface area contributed by atoms with Gasteiger partial charge in [-0.05, 0) is 62.0 Å². The smallest absolute Gasteiger partial charge is 0.238 e. The SMILES string of the molecule is CCCOc1ccc(OCCN(C)CC(=O)Nc2ccc(N3CCOCC3)cc2)cc1. The summed E-state index contributed by atoms with van der Waals surface area (Å²) in [6.07, 6.45) is 0.984. The molecule has 3 rings (SSSR count). The Hall–Kier alpha value is -2.77. The van der Waals surface area contributed by atoms with Crippen LogP contribution in [0.4, 0.5) is 11.4 Å². The molecule has 1 heterocycles. The molecule has 0 aliphatic carbocycles. The predicted octanol–water partition coefficient (Wildman–Crippen LogP) is 3.26. The number of nitrogens with one attached hydrogen (secondary N) is 1. The molecule has 0 aromatic heterocycles. The van der Waals surface area contributed by atoms with Crippen LogP contribution in [0.2, 0.25) is 0 Å². The van der Waals surface area contributed by atoms with E-state index in [-0.39, 0.29) is 5.91 Å². The number of carbonyl (C=O) groups excluding carboxylic acids is 1. The van der Waals surface area contributed by atoms with Crippen LogP contribution < -0.4 is 19.7 Å². The van der Waals surface area contributed by atoms with Crippen LogP contribution in [0.15, 0.2) is 48.5 Å². The first-order valence-corrected chi connectivity index (χ1v) is 10.9. The van der Waals surface area contributed by atoms with E-state index in [0.29, 0.717) is 26.3 Å². The van der Waals surface area contributed by atoms with Crippen molar-refractivity contribution >= 4 is 17.3 Å². The Morgan fingerprint density at radius 2 is 1.61 bits per heavy atom. The second-order valence-corrected chi connectivity index (χ2v) is 7.60. The predicted molar refractivity (Wildman–Crippen MR) is 123 cm³/mol. The largest absolute Gasteiger partial charge is 0.494 e.